The highest BCUT2D eigenvalue weighted by molar-refractivity contribution is 14.0. The van der Waals surface area contributed by atoms with Crippen LogP contribution in [0.3, 0.4) is 0 Å². The molecule has 1 aromatic carbocycles. The second-order valence-electron chi connectivity index (χ2n) is 7.74. The summed E-state index contributed by atoms with van der Waals surface area (Å²) in [5, 5.41) is 6.59. The molecular weight excluding hydrogens is 520 g/mol. The van der Waals surface area contributed by atoms with E-state index in [0.717, 1.165) is 30.1 Å². The normalized spacial score (nSPS) is 15.4. The Morgan fingerprint density at radius 3 is 2.32 bits per heavy atom. The van der Waals surface area contributed by atoms with Crippen LogP contribution < -0.4 is 10.6 Å². The van der Waals surface area contributed by atoms with Crippen LogP contribution in [0.2, 0.25) is 0 Å². The van der Waals surface area contributed by atoms with Gasteiger partial charge in [-0.1, -0.05) is 37.1 Å². The van der Waals surface area contributed by atoms with Gasteiger partial charge in [-0.05, 0) is 56.4 Å². The summed E-state index contributed by atoms with van der Waals surface area (Å²) in [7, 11) is 1.74. The third-order valence-corrected chi connectivity index (χ3v) is 5.13. The van der Waals surface area contributed by atoms with Crippen molar-refractivity contribution in [2.24, 2.45) is 4.99 Å². The van der Waals surface area contributed by atoms with Crippen LogP contribution >= 0.6 is 24.0 Å². The van der Waals surface area contributed by atoms with Crippen molar-refractivity contribution >= 4 is 29.9 Å². The Morgan fingerprint density at radius 1 is 1.00 bits per heavy atom. The molecule has 1 aliphatic heterocycles. The first-order chi connectivity index (χ1) is 14.5. The zero-order valence-electron chi connectivity index (χ0n) is 18.3. The molecule has 1 saturated heterocycles. The number of nitrogens with zero attached hydrogens (tertiary/aromatic N) is 2. The number of benzene rings is 1. The summed E-state index contributed by atoms with van der Waals surface area (Å²) < 4.78 is 41.0. The summed E-state index contributed by atoms with van der Waals surface area (Å²) >= 11 is 0. The molecule has 0 radical (unpaired) electrons. The summed E-state index contributed by atoms with van der Waals surface area (Å²) in [4.78, 5) is 6.81. The van der Waals surface area contributed by atoms with E-state index in [0.29, 0.717) is 6.54 Å². The molecule has 31 heavy (non-hydrogen) atoms. The van der Waals surface area contributed by atoms with Gasteiger partial charge >= 0.3 is 6.18 Å². The number of aliphatic imine (C=N–C) groups is 1. The van der Waals surface area contributed by atoms with Gasteiger partial charge in [-0.3, -0.25) is 4.99 Å². The Hall–Kier alpha value is -1.07. The second-order valence-corrected chi connectivity index (χ2v) is 7.74. The van der Waals surface area contributed by atoms with E-state index < -0.39 is 12.8 Å². The summed E-state index contributed by atoms with van der Waals surface area (Å²) in [5.74, 6) is 0.753. The van der Waals surface area contributed by atoms with E-state index in [4.69, 9.17) is 0 Å². The minimum absolute atomic E-state index is 0. The van der Waals surface area contributed by atoms with Crippen molar-refractivity contribution in [1.82, 2.24) is 15.5 Å². The van der Waals surface area contributed by atoms with E-state index in [9.17, 15) is 13.2 Å². The Bertz CT molecular complexity index is 620. The van der Waals surface area contributed by atoms with E-state index in [-0.39, 0.29) is 30.6 Å². The summed E-state index contributed by atoms with van der Waals surface area (Å²) in [5.41, 5.74) is 1.74. The molecule has 178 valence electrons. The minimum Gasteiger partial charge on any atom is -0.367 e. The first kappa shape index (κ1) is 28.0. The fraction of sp³-hybridized carbons (Fsp3) is 0.682. The number of hydrogen-bond donors (Lipinski definition) is 2. The van der Waals surface area contributed by atoms with Crippen LogP contribution in [0.5, 0.6) is 0 Å². The number of rotatable bonds is 11. The maximum atomic E-state index is 12.1. The number of guanidine groups is 1. The first-order valence-corrected chi connectivity index (χ1v) is 10.9. The second kappa shape index (κ2) is 15.7. The number of unbranched alkanes of at least 4 members (excludes halogenated alkanes) is 2. The largest absolute Gasteiger partial charge is 0.411 e. The number of hydrogen-bond acceptors (Lipinski definition) is 3. The molecule has 1 aromatic rings. The predicted octanol–water partition coefficient (Wildman–Crippen LogP) is 4.70. The van der Waals surface area contributed by atoms with Gasteiger partial charge in [0.1, 0.15) is 6.61 Å². The van der Waals surface area contributed by atoms with Crippen molar-refractivity contribution in [1.29, 1.82) is 0 Å². The zero-order chi connectivity index (χ0) is 21.7. The monoisotopic (exact) mass is 556 g/mol. The number of likely N-dealkylation sites (tertiary alicyclic amines) is 1. The highest BCUT2D eigenvalue weighted by atomic mass is 127. The van der Waals surface area contributed by atoms with Gasteiger partial charge in [0.05, 0.1) is 6.61 Å². The van der Waals surface area contributed by atoms with Crippen LogP contribution in [0.4, 0.5) is 13.2 Å². The van der Waals surface area contributed by atoms with Crippen molar-refractivity contribution in [3.63, 3.8) is 0 Å². The smallest absolute Gasteiger partial charge is 0.367 e. The number of piperidine rings is 1. The predicted molar refractivity (Wildman–Crippen MR) is 130 cm³/mol. The van der Waals surface area contributed by atoms with Crippen LogP contribution in [-0.4, -0.2) is 56.9 Å². The van der Waals surface area contributed by atoms with Gasteiger partial charge in [-0.2, -0.15) is 13.2 Å². The maximum Gasteiger partial charge on any atom is 0.411 e. The third-order valence-electron chi connectivity index (χ3n) is 5.13. The standard InChI is InChI=1S/C22H35F3N4O.HI/c1-26-21(27-12-4-2-5-13-29-14-6-3-7-15-29)28-16-19-8-10-20(11-9-19)17-30-18-22(23,24)25;/h8-11H,2-7,12-18H2,1H3,(H2,26,27,28);1H. The lowest BCUT2D eigenvalue weighted by Crippen LogP contribution is -2.37. The van der Waals surface area contributed by atoms with Crippen LogP contribution in [-0.2, 0) is 17.9 Å². The molecule has 0 aromatic heterocycles. The molecule has 0 spiro atoms. The Morgan fingerprint density at radius 2 is 1.68 bits per heavy atom. The highest BCUT2D eigenvalue weighted by Gasteiger charge is 2.27. The molecule has 1 fully saturated rings. The van der Waals surface area contributed by atoms with Crippen molar-refractivity contribution < 1.29 is 17.9 Å². The van der Waals surface area contributed by atoms with Crippen molar-refractivity contribution in [3.05, 3.63) is 35.4 Å². The average molecular weight is 556 g/mol. The van der Waals surface area contributed by atoms with Gasteiger partial charge in [0.25, 0.3) is 0 Å². The summed E-state index contributed by atoms with van der Waals surface area (Å²) in [6, 6.07) is 7.33. The number of nitrogens with one attached hydrogen (secondary N) is 2. The van der Waals surface area contributed by atoms with Crippen molar-refractivity contribution in [2.45, 2.75) is 57.9 Å². The van der Waals surface area contributed by atoms with Gasteiger partial charge in [0.15, 0.2) is 5.96 Å². The van der Waals surface area contributed by atoms with Gasteiger partial charge in [-0.15, -0.1) is 24.0 Å². The van der Waals surface area contributed by atoms with Gasteiger partial charge < -0.3 is 20.3 Å². The fourth-order valence-electron chi connectivity index (χ4n) is 3.47. The molecule has 0 bridgehead atoms. The molecule has 1 heterocycles. The van der Waals surface area contributed by atoms with Crippen LogP contribution in [0.1, 0.15) is 49.7 Å². The highest BCUT2D eigenvalue weighted by Crippen LogP contribution is 2.16. The van der Waals surface area contributed by atoms with Gasteiger partial charge in [0, 0.05) is 20.1 Å². The number of alkyl halides is 3. The minimum atomic E-state index is -4.29. The molecule has 5 nitrogen and oxygen atoms in total. The van der Waals surface area contributed by atoms with E-state index >= 15 is 0 Å². The molecule has 0 aliphatic carbocycles. The van der Waals surface area contributed by atoms with E-state index in [1.54, 1.807) is 19.2 Å². The molecule has 9 heteroatoms. The lowest BCUT2D eigenvalue weighted by Gasteiger charge is -2.26. The molecule has 2 N–H and O–H groups in total. The van der Waals surface area contributed by atoms with Gasteiger partial charge in [0.2, 0.25) is 0 Å². The maximum absolute atomic E-state index is 12.1. The Balaban J connectivity index is 0.00000480. The molecular formula is C22H36F3IN4O. The van der Waals surface area contributed by atoms with Gasteiger partial charge in [-0.25, -0.2) is 0 Å². The average Bonchev–Trinajstić information content (AvgIpc) is 2.73. The molecule has 0 amide bonds. The molecule has 0 unspecified atom stereocenters. The molecule has 1 aliphatic rings. The third kappa shape index (κ3) is 13.2. The SMILES string of the molecule is CN=C(NCCCCCN1CCCCC1)NCc1ccc(COCC(F)(F)F)cc1.I. The fourth-order valence-corrected chi connectivity index (χ4v) is 3.47. The molecule has 0 saturated carbocycles. The lowest BCUT2D eigenvalue weighted by atomic mass is 10.1. The number of halogens is 4. The van der Waals surface area contributed by atoms with Crippen molar-refractivity contribution in [3.8, 4) is 0 Å². The van der Waals surface area contributed by atoms with Crippen LogP contribution in [0.25, 0.3) is 0 Å². The summed E-state index contributed by atoms with van der Waals surface area (Å²) in [6.07, 6.45) is 3.34. The van der Waals surface area contributed by atoms with Crippen molar-refractivity contribution in [2.75, 3.05) is 39.8 Å². The van der Waals surface area contributed by atoms with Crippen LogP contribution in [0.15, 0.2) is 29.3 Å². The van der Waals surface area contributed by atoms with E-state index in [2.05, 4.69) is 25.3 Å². The Kier molecular flexibility index (Phi) is 14.1. The van der Waals surface area contributed by atoms with E-state index in [1.807, 2.05) is 12.1 Å². The van der Waals surface area contributed by atoms with E-state index in [1.165, 1.54) is 51.7 Å². The zero-order valence-corrected chi connectivity index (χ0v) is 20.7. The lowest BCUT2D eigenvalue weighted by molar-refractivity contribution is -0.176. The number of ether oxygens (including phenoxy) is 1. The topological polar surface area (TPSA) is 48.9 Å². The molecule has 0 atom stereocenters. The Labute approximate surface area is 201 Å². The first-order valence-electron chi connectivity index (χ1n) is 10.9. The van der Waals surface area contributed by atoms with Crippen LogP contribution in [0, 0.1) is 0 Å². The quantitative estimate of drug-likeness (QED) is 0.180. The molecule has 2 rings (SSSR count). The summed E-state index contributed by atoms with van der Waals surface area (Å²) in [6.45, 7) is 3.94.